The number of nitrogens with one attached hydrogen (secondary N) is 1. The molecular weight excluding hydrogens is 188 g/mol. The van der Waals surface area contributed by atoms with Crippen LogP contribution in [0.5, 0.6) is 0 Å². The maximum atomic E-state index is 11.0. The molecule has 0 aliphatic heterocycles. The van der Waals surface area contributed by atoms with Crippen LogP contribution in [0.25, 0.3) is 0 Å². The van der Waals surface area contributed by atoms with Crippen molar-refractivity contribution in [3.8, 4) is 6.19 Å². The normalized spacial score (nSPS) is 10.5. The Balaban J connectivity index is 3.03. The van der Waals surface area contributed by atoms with Gasteiger partial charge < -0.3 is 0 Å². The van der Waals surface area contributed by atoms with Crippen LogP contribution in [0.3, 0.4) is 0 Å². The standard InChI is InChI=1S/C8H8N2O2S/c1-13(11,12)8-4-2-7(3-5-8)10-6-9/h2-5,10H,1H3. The van der Waals surface area contributed by atoms with Gasteiger partial charge in [-0.15, -0.1) is 0 Å². The maximum Gasteiger partial charge on any atom is 0.181 e. The molecule has 0 unspecified atom stereocenters. The summed E-state index contributed by atoms with van der Waals surface area (Å²) < 4.78 is 22.0. The highest BCUT2D eigenvalue weighted by molar-refractivity contribution is 7.90. The molecule has 1 aromatic carbocycles. The summed E-state index contributed by atoms with van der Waals surface area (Å²) >= 11 is 0. The molecule has 68 valence electrons. The van der Waals surface area contributed by atoms with Crippen LogP contribution in [-0.2, 0) is 9.84 Å². The molecule has 13 heavy (non-hydrogen) atoms. The molecule has 0 aliphatic carbocycles. The van der Waals surface area contributed by atoms with Gasteiger partial charge in [-0.25, -0.2) is 8.42 Å². The molecule has 1 rings (SSSR count). The van der Waals surface area contributed by atoms with Gasteiger partial charge in [-0.05, 0) is 24.3 Å². The van der Waals surface area contributed by atoms with Gasteiger partial charge in [0, 0.05) is 11.9 Å². The Bertz CT molecular complexity index is 428. The smallest absolute Gasteiger partial charge is 0.181 e. The van der Waals surface area contributed by atoms with E-state index in [1.807, 2.05) is 0 Å². The quantitative estimate of drug-likeness (QED) is 0.565. The van der Waals surface area contributed by atoms with Crippen LogP contribution < -0.4 is 5.32 Å². The van der Waals surface area contributed by atoms with Crippen molar-refractivity contribution in [1.29, 1.82) is 5.26 Å². The Morgan fingerprint density at radius 2 is 1.85 bits per heavy atom. The number of hydrogen-bond acceptors (Lipinski definition) is 4. The number of anilines is 1. The van der Waals surface area contributed by atoms with Crippen molar-refractivity contribution in [2.75, 3.05) is 11.6 Å². The Labute approximate surface area is 76.7 Å². The van der Waals surface area contributed by atoms with E-state index < -0.39 is 9.84 Å². The number of hydrogen-bond donors (Lipinski definition) is 1. The van der Waals surface area contributed by atoms with E-state index in [0.717, 1.165) is 6.26 Å². The predicted octanol–water partition coefficient (Wildman–Crippen LogP) is 0.983. The average Bonchev–Trinajstić information content (AvgIpc) is 2.04. The fraction of sp³-hybridized carbons (Fsp3) is 0.125. The Hall–Kier alpha value is -1.54. The van der Waals surface area contributed by atoms with E-state index in [1.165, 1.54) is 12.1 Å². The Morgan fingerprint density at radius 3 is 2.23 bits per heavy atom. The Kier molecular flexibility index (Phi) is 2.54. The van der Waals surface area contributed by atoms with Gasteiger partial charge >= 0.3 is 0 Å². The van der Waals surface area contributed by atoms with Crippen molar-refractivity contribution in [3.63, 3.8) is 0 Å². The molecule has 0 heterocycles. The zero-order chi connectivity index (χ0) is 9.90. The molecule has 0 saturated heterocycles. The van der Waals surface area contributed by atoms with E-state index in [4.69, 9.17) is 5.26 Å². The first-order valence-corrected chi connectivity index (χ1v) is 5.38. The minimum Gasteiger partial charge on any atom is -0.293 e. The van der Waals surface area contributed by atoms with Crippen molar-refractivity contribution in [3.05, 3.63) is 24.3 Å². The largest absolute Gasteiger partial charge is 0.293 e. The van der Waals surface area contributed by atoms with Crippen molar-refractivity contribution < 1.29 is 8.42 Å². The summed E-state index contributed by atoms with van der Waals surface area (Å²) in [6.07, 6.45) is 2.88. The molecular formula is C8H8N2O2S. The van der Waals surface area contributed by atoms with Gasteiger partial charge in [-0.1, -0.05) is 0 Å². The summed E-state index contributed by atoms with van der Waals surface area (Å²) in [5, 5.41) is 10.7. The summed E-state index contributed by atoms with van der Waals surface area (Å²) in [7, 11) is -3.15. The van der Waals surface area contributed by atoms with Gasteiger partial charge in [-0.2, -0.15) is 5.26 Å². The van der Waals surface area contributed by atoms with Gasteiger partial charge in [0.25, 0.3) is 0 Å². The predicted molar refractivity (Wildman–Crippen MR) is 48.8 cm³/mol. The third-order valence-electron chi connectivity index (χ3n) is 1.48. The summed E-state index contributed by atoms with van der Waals surface area (Å²) in [5.74, 6) is 0. The number of nitriles is 1. The molecule has 0 atom stereocenters. The van der Waals surface area contributed by atoms with Crippen LogP contribution in [0.15, 0.2) is 29.2 Å². The van der Waals surface area contributed by atoms with Gasteiger partial charge in [0.2, 0.25) is 0 Å². The first kappa shape index (κ1) is 9.55. The molecule has 0 amide bonds. The lowest BCUT2D eigenvalue weighted by atomic mass is 10.3. The van der Waals surface area contributed by atoms with E-state index in [-0.39, 0.29) is 4.90 Å². The molecule has 1 N–H and O–H groups in total. The van der Waals surface area contributed by atoms with Gasteiger partial charge in [0.05, 0.1) is 4.90 Å². The van der Waals surface area contributed by atoms with Crippen LogP contribution in [0, 0.1) is 11.5 Å². The van der Waals surface area contributed by atoms with Crippen molar-refractivity contribution in [1.82, 2.24) is 0 Å². The minimum atomic E-state index is -3.15. The number of benzene rings is 1. The first-order valence-electron chi connectivity index (χ1n) is 3.49. The third-order valence-corrected chi connectivity index (χ3v) is 2.61. The van der Waals surface area contributed by atoms with Crippen LogP contribution in [0.1, 0.15) is 0 Å². The lowest BCUT2D eigenvalue weighted by Gasteiger charge is -1.99. The van der Waals surface area contributed by atoms with E-state index in [1.54, 1.807) is 18.3 Å². The van der Waals surface area contributed by atoms with Crippen LogP contribution in [0.2, 0.25) is 0 Å². The summed E-state index contributed by atoms with van der Waals surface area (Å²) in [6, 6.07) is 5.99. The molecule has 0 saturated carbocycles. The summed E-state index contributed by atoms with van der Waals surface area (Å²) in [4.78, 5) is 0.246. The Morgan fingerprint density at radius 1 is 1.31 bits per heavy atom. The SMILES string of the molecule is CS(=O)(=O)c1ccc(NC#N)cc1. The molecule has 0 aliphatic rings. The second-order valence-electron chi connectivity index (χ2n) is 2.53. The molecule has 5 heteroatoms. The van der Waals surface area contributed by atoms with Gasteiger partial charge in [0.15, 0.2) is 16.0 Å². The highest BCUT2D eigenvalue weighted by Gasteiger charge is 2.05. The highest BCUT2D eigenvalue weighted by atomic mass is 32.2. The summed E-state index contributed by atoms with van der Waals surface area (Å²) in [5.41, 5.74) is 0.579. The number of nitrogens with zero attached hydrogens (tertiary/aromatic N) is 1. The molecule has 0 fully saturated rings. The topological polar surface area (TPSA) is 70.0 Å². The lowest BCUT2D eigenvalue weighted by molar-refractivity contribution is 0.602. The van der Waals surface area contributed by atoms with E-state index in [0.29, 0.717) is 5.69 Å². The molecule has 0 spiro atoms. The number of sulfone groups is 1. The van der Waals surface area contributed by atoms with E-state index in [9.17, 15) is 8.42 Å². The molecule has 0 radical (unpaired) electrons. The number of rotatable bonds is 2. The maximum absolute atomic E-state index is 11.0. The van der Waals surface area contributed by atoms with Crippen molar-refractivity contribution in [2.45, 2.75) is 4.90 Å². The first-order chi connectivity index (χ1) is 6.04. The van der Waals surface area contributed by atoms with Gasteiger partial charge in [0.1, 0.15) is 0 Å². The van der Waals surface area contributed by atoms with Crippen LogP contribution in [-0.4, -0.2) is 14.7 Å². The van der Waals surface area contributed by atoms with E-state index >= 15 is 0 Å². The third kappa shape index (κ3) is 2.46. The van der Waals surface area contributed by atoms with Crippen LogP contribution >= 0.6 is 0 Å². The minimum absolute atomic E-state index is 0.246. The van der Waals surface area contributed by atoms with Gasteiger partial charge in [-0.3, -0.25) is 5.32 Å². The van der Waals surface area contributed by atoms with E-state index in [2.05, 4.69) is 5.32 Å². The molecule has 0 aromatic heterocycles. The molecule has 0 bridgehead atoms. The second-order valence-corrected chi connectivity index (χ2v) is 4.55. The fourth-order valence-corrected chi connectivity index (χ4v) is 1.48. The van der Waals surface area contributed by atoms with Crippen molar-refractivity contribution in [2.24, 2.45) is 0 Å². The summed E-state index contributed by atoms with van der Waals surface area (Å²) in [6.45, 7) is 0. The zero-order valence-electron chi connectivity index (χ0n) is 6.98. The fourth-order valence-electron chi connectivity index (χ4n) is 0.850. The molecule has 4 nitrogen and oxygen atoms in total. The zero-order valence-corrected chi connectivity index (χ0v) is 7.80. The second kappa shape index (κ2) is 3.46. The lowest BCUT2D eigenvalue weighted by Crippen LogP contribution is -1.96. The monoisotopic (exact) mass is 196 g/mol. The average molecular weight is 196 g/mol. The highest BCUT2D eigenvalue weighted by Crippen LogP contribution is 2.12. The molecule has 1 aromatic rings. The van der Waals surface area contributed by atoms with Crippen LogP contribution in [0.4, 0.5) is 5.69 Å². The van der Waals surface area contributed by atoms with Crippen molar-refractivity contribution >= 4 is 15.5 Å².